The minimum Gasteiger partial charge on any atom is -0.287 e. The Labute approximate surface area is 302 Å². The van der Waals surface area contributed by atoms with E-state index in [1.807, 2.05) is 0 Å². The number of aliphatic imine (C=N–C) groups is 2. The van der Waals surface area contributed by atoms with Crippen LogP contribution in [0.25, 0.3) is 0 Å². The van der Waals surface area contributed by atoms with Crippen molar-refractivity contribution in [3.8, 4) is 0 Å². The van der Waals surface area contributed by atoms with Gasteiger partial charge in [-0.1, -0.05) is 13.8 Å². The van der Waals surface area contributed by atoms with Gasteiger partial charge in [0, 0.05) is 46.1 Å². The van der Waals surface area contributed by atoms with Crippen LogP contribution in [0.3, 0.4) is 0 Å². The largest absolute Gasteiger partial charge is 0.415 e. The molecule has 0 saturated carbocycles. The highest BCUT2D eigenvalue weighted by Gasteiger charge is 2.52. The molecule has 0 aliphatic rings. The summed E-state index contributed by atoms with van der Waals surface area (Å²) < 4.78 is 290. The quantitative estimate of drug-likeness (QED) is 0.0499. The minimum atomic E-state index is -6.07. The second-order valence-corrected chi connectivity index (χ2v) is 19.6. The molecule has 3 nitrogen and oxygen atoms in total. The molecule has 2 atom stereocenters. The summed E-state index contributed by atoms with van der Waals surface area (Å²) in [7, 11) is -5.15. The monoisotopic (exact) mass is 888 g/mol. The number of hydrogen-bond donors (Lipinski definition) is 0. The SMILES string of the molecule is CCC(F)(F)C(F)=C(CC(=NCCPS(=O)(=S)CCN=C(CC(=C(F)C(F)(F)CC)C(F)(F)F)C(F)(F)CC(C)(F)F)C(F)(F)CC(C)(F)F)C(F)(F)F. The van der Waals surface area contributed by atoms with Crippen LogP contribution in [0.1, 0.15) is 66.2 Å². The molecule has 0 radical (unpaired) electrons. The zero-order valence-corrected chi connectivity index (χ0v) is 30.9. The van der Waals surface area contributed by atoms with Gasteiger partial charge >= 0.3 is 12.4 Å². The summed E-state index contributed by atoms with van der Waals surface area (Å²) in [6.45, 7) is -1.62. The first-order valence-corrected chi connectivity index (χ1v) is 19.6. The van der Waals surface area contributed by atoms with Crippen LogP contribution in [-0.2, 0) is 19.3 Å². The van der Waals surface area contributed by atoms with E-state index in [9.17, 15) is 92.0 Å². The number of halogens is 20. The van der Waals surface area contributed by atoms with E-state index in [-0.39, 0.29) is 13.8 Å². The van der Waals surface area contributed by atoms with Crippen LogP contribution in [0.5, 0.6) is 0 Å². The molecule has 0 heterocycles. The average molecular weight is 889 g/mol. The number of alkyl halides is 18. The molecule has 0 saturated heterocycles. The van der Waals surface area contributed by atoms with E-state index in [1.54, 1.807) is 0 Å². The van der Waals surface area contributed by atoms with Gasteiger partial charge in [-0.15, -0.1) is 0 Å². The van der Waals surface area contributed by atoms with Crippen molar-refractivity contribution in [1.82, 2.24) is 0 Å². The Morgan fingerprint density at radius 1 is 0.574 bits per heavy atom. The lowest BCUT2D eigenvalue weighted by molar-refractivity contribution is -0.102. The van der Waals surface area contributed by atoms with Crippen molar-refractivity contribution in [3.63, 3.8) is 0 Å². The van der Waals surface area contributed by atoms with Gasteiger partial charge in [-0.05, 0) is 39.0 Å². The minimum absolute atomic E-state index is 0.0900. The van der Waals surface area contributed by atoms with Crippen molar-refractivity contribution < 1.29 is 92.0 Å². The molecule has 0 aliphatic heterocycles. The molecule has 0 fully saturated rings. The number of rotatable bonds is 21. The fourth-order valence-electron chi connectivity index (χ4n) is 4.04. The first kappa shape index (κ1) is 52.2. The third kappa shape index (κ3) is 17.6. The second kappa shape index (κ2) is 18.7. The van der Waals surface area contributed by atoms with Crippen LogP contribution in [0.4, 0.5) is 87.8 Å². The molecular formula is C28H33F20N2OPS2. The lowest BCUT2D eigenvalue weighted by atomic mass is 9.97. The van der Waals surface area contributed by atoms with Gasteiger partial charge in [0.25, 0.3) is 35.5 Å². The fraction of sp³-hybridized carbons (Fsp3) is 0.786. The molecule has 0 aliphatic carbocycles. The normalized spacial score (nSPS) is 17.6. The molecule has 0 rings (SSSR count). The predicted molar refractivity (Wildman–Crippen MR) is 167 cm³/mol. The summed E-state index contributed by atoms with van der Waals surface area (Å²) in [5, 5.41) is 0. The van der Waals surface area contributed by atoms with E-state index < -0.39 is 162 Å². The summed E-state index contributed by atoms with van der Waals surface area (Å²) in [6, 6.07) is 0. The maximum atomic E-state index is 14.7. The molecule has 318 valence electrons. The molecule has 0 amide bonds. The molecule has 0 aromatic heterocycles. The van der Waals surface area contributed by atoms with Gasteiger partial charge < -0.3 is 0 Å². The van der Waals surface area contributed by atoms with Crippen molar-refractivity contribution in [3.05, 3.63) is 22.8 Å². The van der Waals surface area contributed by atoms with Crippen LogP contribution < -0.4 is 0 Å². The lowest BCUT2D eigenvalue weighted by Gasteiger charge is -2.25. The Bertz CT molecular complexity index is 1500. The van der Waals surface area contributed by atoms with Crippen LogP contribution in [0.15, 0.2) is 32.8 Å². The van der Waals surface area contributed by atoms with Crippen molar-refractivity contribution in [2.45, 2.75) is 114 Å². The number of allylic oxidation sites excluding steroid dienone is 4. The van der Waals surface area contributed by atoms with E-state index in [4.69, 9.17) is 11.2 Å². The smallest absolute Gasteiger partial charge is 0.287 e. The van der Waals surface area contributed by atoms with Crippen molar-refractivity contribution in [2.75, 3.05) is 25.0 Å². The van der Waals surface area contributed by atoms with E-state index in [2.05, 4.69) is 9.98 Å². The van der Waals surface area contributed by atoms with Gasteiger partial charge in [-0.25, -0.2) is 26.3 Å². The van der Waals surface area contributed by atoms with Crippen LogP contribution in [0.2, 0.25) is 0 Å². The van der Waals surface area contributed by atoms with E-state index in [1.165, 1.54) is 0 Å². The highest BCUT2D eigenvalue weighted by atomic mass is 33.1. The molecule has 54 heavy (non-hydrogen) atoms. The van der Waals surface area contributed by atoms with E-state index >= 15 is 0 Å². The third-order valence-corrected chi connectivity index (χ3v) is 12.4. The van der Waals surface area contributed by atoms with Crippen molar-refractivity contribution >= 4 is 38.5 Å². The Morgan fingerprint density at radius 3 is 1.17 bits per heavy atom. The average Bonchev–Trinajstić information content (AvgIpc) is 2.93. The molecule has 2 unspecified atom stereocenters. The number of nitrogens with zero attached hydrogens (tertiary/aromatic N) is 2. The summed E-state index contributed by atoms with van der Waals surface area (Å²) in [6.07, 6.45) is -26.1. The van der Waals surface area contributed by atoms with Crippen LogP contribution in [0, 0.1) is 0 Å². The Hall–Kier alpha value is -1.78. The Morgan fingerprint density at radius 2 is 0.889 bits per heavy atom. The van der Waals surface area contributed by atoms with Crippen LogP contribution >= 0.6 is 7.78 Å². The van der Waals surface area contributed by atoms with Crippen molar-refractivity contribution in [2.24, 2.45) is 9.98 Å². The van der Waals surface area contributed by atoms with E-state index in [0.717, 1.165) is 0 Å². The highest BCUT2D eigenvalue weighted by Crippen LogP contribution is 2.44. The van der Waals surface area contributed by atoms with Gasteiger partial charge in [-0.3, -0.25) is 14.2 Å². The lowest BCUT2D eigenvalue weighted by Crippen LogP contribution is -2.37. The standard InChI is InChI=1S/C28H33F20N2OPS2/c1-5-23(35,36)19(29)15(27(43,44)45)11-17(25(39,40)13-21(3,31)32)49-7-9-52-54(51,53)10-8-50-18(26(41,42)14-22(4,33)34)12-16(28(46,47)48)20(30)24(37,38)6-2/h52H,5-14H2,1-4H3. The van der Waals surface area contributed by atoms with Gasteiger partial charge in [0.15, 0.2) is 11.7 Å². The van der Waals surface area contributed by atoms with Gasteiger partial charge in [0.2, 0.25) is 0 Å². The first-order chi connectivity index (χ1) is 23.7. The first-order valence-electron chi connectivity index (χ1n) is 15.0. The molecular weight excluding hydrogens is 855 g/mol. The summed E-state index contributed by atoms with van der Waals surface area (Å²) in [5.74, 6) is -35.9. The zero-order valence-electron chi connectivity index (χ0n) is 28.2. The molecule has 0 aromatic carbocycles. The van der Waals surface area contributed by atoms with Crippen LogP contribution in [-0.4, -0.2) is 88.5 Å². The molecule has 0 bridgehead atoms. The third-order valence-electron chi connectivity index (χ3n) is 6.74. The summed E-state index contributed by atoms with van der Waals surface area (Å²) in [4.78, 5) is 5.99. The van der Waals surface area contributed by atoms with Crippen molar-refractivity contribution in [1.29, 1.82) is 0 Å². The van der Waals surface area contributed by atoms with Gasteiger partial charge in [0.1, 0.15) is 0 Å². The summed E-state index contributed by atoms with van der Waals surface area (Å²) in [5.41, 5.74) is -10.1. The van der Waals surface area contributed by atoms with Gasteiger partial charge in [0.05, 0.1) is 42.0 Å². The maximum absolute atomic E-state index is 14.7. The molecule has 26 heteroatoms. The molecule has 0 aromatic rings. The Kier molecular flexibility index (Phi) is 18.0. The zero-order chi connectivity index (χ0) is 43.2. The highest BCUT2D eigenvalue weighted by molar-refractivity contribution is 8.64. The topological polar surface area (TPSA) is 41.8 Å². The Balaban J connectivity index is 6.62. The predicted octanol–water partition coefficient (Wildman–Crippen LogP) is 12.0. The molecule has 0 N–H and O–H groups in total. The molecule has 0 spiro atoms. The number of hydrogen-bond acceptors (Lipinski definition) is 4. The second-order valence-electron chi connectivity index (χ2n) is 11.8. The fourth-order valence-corrected chi connectivity index (χ4v) is 7.92. The van der Waals surface area contributed by atoms with Gasteiger partial charge in [-0.2, -0.15) is 61.5 Å². The summed E-state index contributed by atoms with van der Waals surface area (Å²) >= 11 is 4.69. The maximum Gasteiger partial charge on any atom is 0.415 e. The van der Waals surface area contributed by atoms with E-state index in [0.29, 0.717) is 13.8 Å².